The number of benzene rings is 1. The molecule has 0 radical (unpaired) electrons. The van der Waals surface area contributed by atoms with E-state index in [1.54, 1.807) is 0 Å². The van der Waals surface area contributed by atoms with Crippen LogP contribution in [0.3, 0.4) is 0 Å². The summed E-state index contributed by atoms with van der Waals surface area (Å²) in [6.07, 6.45) is 5.46. The molecule has 0 aromatic heterocycles. The zero-order chi connectivity index (χ0) is 15.0. The molecule has 0 saturated carbocycles. The number of carbonyl (C=O) groups excluding carboxylic acids is 1. The number of esters is 1. The van der Waals surface area contributed by atoms with Crippen molar-refractivity contribution in [3.05, 3.63) is 59.3 Å². The number of carbonyl (C=O) groups is 1. The number of ether oxygens (including phenoxy) is 1. The molecule has 0 saturated heterocycles. The highest BCUT2D eigenvalue weighted by Crippen LogP contribution is 2.11. The highest BCUT2D eigenvalue weighted by Gasteiger charge is 2.10. The third kappa shape index (κ3) is 6.52. The van der Waals surface area contributed by atoms with Crippen molar-refractivity contribution in [3.63, 3.8) is 0 Å². The SMILES string of the molecule is COC(=O)/C(=C/Cc1ccccc1)C/C=C/[Si](C)(C)C. The Morgan fingerprint density at radius 1 is 1.20 bits per heavy atom. The highest BCUT2D eigenvalue weighted by molar-refractivity contribution is 6.80. The molecule has 0 atom stereocenters. The summed E-state index contributed by atoms with van der Waals surface area (Å²) in [5, 5.41) is 0. The molecule has 108 valence electrons. The van der Waals surface area contributed by atoms with Crippen molar-refractivity contribution in [3.8, 4) is 0 Å². The first-order valence-electron chi connectivity index (χ1n) is 6.91. The summed E-state index contributed by atoms with van der Waals surface area (Å²) in [5.74, 6) is -0.235. The van der Waals surface area contributed by atoms with Crippen LogP contribution in [-0.2, 0) is 16.0 Å². The Morgan fingerprint density at radius 3 is 2.40 bits per heavy atom. The summed E-state index contributed by atoms with van der Waals surface area (Å²) in [4.78, 5) is 11.8. The first-order chi connectivity index (χ1) is 9.42. The Bertz CT molecular complexity index is 481. The Balaban J connectivity index is 2.74. The number of hydrogen-bond donors (Lipinski definition) is 0. The van der Waals surface area contributed by atoms with Crippen LogP contribution in [-0.4, -0.2) is 21.2 Å². The lowest BCUT2D eigenvalue weighted by Crippen LogP contribution is -2.15. The van der Waals surface area contributed by atoms with Gasteiger partial charge in [0, 0.05) is 5.57 Å². The molecule has 1 aromatic rings. The van der Waals surface area contributed by atoms with Crippen LogP contribution in [0.5, 0.6) is 0 Å². The fourth-order valence-corrected chi connectivity index (χ4v) is 2.60. The summed E-state index contributed by atoms with van der Waals surface area (Å²) in [6, 6.07) is 10.1. The summed E-state index contributed by atoms with van der Waals surface area (Å²) >= 11 is 0. The predicted octanol–water partition coefficient (Wildman–Crippen LogP) is 4.15. The number of methoxy groups -OCH3 is 1. The van der Waals surface area contributed by atoms with Gasteiger partial charge in [-0.25, -0.2) is 4.79 Å². The van der Waals surface area contributed by atoms with Crippen LogP contribution >= 0.6 is 0 Å². The fourth-order valence-electron chi connectivity index (χ4n) is 1.78. The molecule has 0 fully saturated rings. The van der Waals surface area contributed by atoms with Crippen LogP contribution in [0, 0.1) is 0 Å². The van der Waals surface area contributed by atoms with Crippen LogP contribution in [0.4, 0.5) is 0 Å². The second-order valence-corrected chi connectivity index (χ2v) is 10.9. The van der Waals surface area contributed by atoms with E-state index in [4.69, 9.17) is 4.74 Å². The first kappa shape index (κ1) is 16.4. The number of allylic oxidation sites excluding steroid dienone is 2. The highest BCUT2D eigenvalue weighted by atomic mass is 28.3. The molecule has 0 N–H and O–H groups in total. The smallest absolute Gasteiger partial charge is 0.333 e. The van der Waals surface area contributed by atoms with E-state index in [0.717, 1.165) is 12.0 Å². The molecule has 0 spiro atoms. The van der Waals surface area contributed by atoms with Crippen LogP contribution in [0.25, 0.3) is 0 Å². The lowest BCUT2D eigenvalue weighted by atomic mass is 10.1. The Kier molecular flexibility index (Phi) is 6.45. The minimum atomic E-state index is -1.22. The first-order valence-corrected chi connectivity index (χ1v) is 10.5. The van der Waals surface area contributed by atoms with Crippen LogP contribution < -0.4 is 0 Å². The molecule has 0 aliphatic heterocycles. The van der Waals surface area contributed by atoms with E-state index in [1.165, 1.54) is 12.7 Å². The molecule has 0 heterocycles. The Labute approximate surface area is 123 Å². The van der Waals surface area contributed by atoms with Gasteiger partial charge in [0.2, 0.25) is 0 Å². The van der Waals surface area contributed by atoms with Gasteiger partial charge in [-0.05, 0) is 18.4 Å². The lowest BCUT2D eigenvalue weighted by molar-refractivity contribution is -0.136. The summed E-state index contributed by atoms with van der Waals surface area (Å²) in [5.41, 5.74) is 4.18. The van der Waals surface area contributed by atoms with Gasteiger partial charge in [-0.3, -0.25) is 0 Å². The molecule has 0 bridgehead atoms. The molecule has 1 rings (SSSR count). The molecule has 0 aliphatic rings. The van der Waals surface area contributed by atoms with E-state index < -0.39 is 8.07 Å². The van der Waals surface area contributed by atoms with Crippen molar-refractivity contribution in [2.24, 2.45) is 0 Å². The van der Waals surface area contributed by atoms with E-state index in [2.05, 4.69) is 43.5 Å². The summed E-state index contributed by atoms with van der Waals surface area (Å²) in [7, 11) is 0.216. The van der Waals surface area contributed by atoms with Gasteiger partial charge in [0.1, 0.15) is 0 Å². The van der Waals surface area contributed by atoms with E-state index in [-0.39, 0.29) is 5.97 Å². The molecule has 20 heavy (non-hydrogen) atoms. The zero-order valence-corrected chi connectivity index (χ0v) is 13.8. The third-order valence-electron chi connectivity index (χ3n) is 2.83. The van der Waals surface area contributed by atoms with Gasteiger partial charge < -0.3 is 4.74 Å². The average Bonchev–Trinajstić information content (AvgIpc) is 2.41. The van der Waals surface area contributed by atoms with Gasteiger partial charge in [-0.1, -0.05) is 67.8 Å². The minimum absolute atomic E-state index is 0.235. The monoisotopic (exact) mass is 288 g/mol. The van der Waals surface area contributed by atoms with Crippen LogP contribution in [0.1, 0.15) is 12.0 Å². The van der Waals surface area contributed by atoms with Crippen molar-refractivity contribution in [1.29, 1.82) is 0 Å². The maximum Gasteiger partial charge on any atom is 0.333 e. The van der Waals surface area contributed by atoms with Gasteiger partial charge in [-0.2, -0.15) is 0 Å². The van der Waals surface area contributed by atoms with Crippen LogP contribution in [0.2, 0.25) is 19.6 Å². The molecule has 2 nitrogen and oxygen atoms in total. The van der Waals surface area contributed by atoms with E-state index in [0.29, 0.717) is 6.42 Å². The van der Waals surface area contributed by atoms with Crippen molar-refractivity contribution in [1.82, 2.24) is 0 Å². The lowest BCUT2D eigenvalue weighted by Gasteiger charge is -2.09. The van der Waals surface area contributed by atoms with Gasteiger partial charge >= 0.3 is 5.97 Å². The number of rotatable bonds is 6. The van der Waals surface area contributed by atoms with Crippen molar-refractivity contribution >= 4 is 14.0 Å². The normalized spacial score (nSPS) is 12.7. The maximum atomic E-state index is 11.8. The van der Waals surface area contributed by atoms with Gasteiger partial charge in [0.05, 0.1) is 15.2 Å². The molecule has 0 aliphatic carbocycles. The largest absolute Gasteiger partial charge is 0.466 e. The average molecular weight is 288 g/mol. The van der Waals surface area contributed by atoms with Crippen molar-refractivity contribution < 1.29 is 9.53 Å². The van der Waals surface area contributed by atoms with Crippen molar-refractivity contribution in [2.45, 2.75) is 32.5 Å². The van der Waals surface area contributed by atoms with Gasteiger partial charge in [0.15, 0.2) is 0 Å². The van der Waals surface area contributed by atoms with E-state index >= 15 is 0 Å². The predicted molar refractivity (Wildman–Crippen MR) is 87.3 cm³/mol. The Hall–Kier alpha value is -1.61. The van der Waals surface area contributed by atoms with E-state index in [9.17, 15) is 4.79 Å². The second kappa shape index (κ2) is 7.85. The molecule has 1 aromatic carbocycles. The summed E-state index contributed by atoms with van der Waals surface area (Å²) < 4.78 is 4.85. The quantitative estimate of drug-likeness (QED) is 0.446. The maximum absolute atomic E-state index is 11.8. The summed E-state index contributed by atoms with van der Waals surface area (Å²) in [6.45, 7) is 6.82. The molecular formula is C17H24O2Si. The van der Waals surface area contributed by atoms with Crippen molar-refractivity contribution in [2.75, 3.05) is 7.11 Å². The molecule has 0 unspecified atom stereocenters. The topological polar surface area (TPSA) is 26.3 Å². The minimum Gasteiger partial charge on any atom is -0.466 e. The zero-order valence-electron chi connectivity index (χ0n) is 12.8. The third-order valence-corrected chi connectivity index (χ3v) is 4.07. The van der Waals surface area contributed by atoms with Gasteiger partial charge in [0.25, 0.3) is 0 Å². The standard InChI is InChI=1S/C17H24O2Si/c1-19-17(18)16(11-8-14-20(2,3)4)13-12-15-9-6-5-7-10-15/h5-10,13-14H,11-12H2,1-4H3/b14-8+,16-13+. The fraction of sp³-hybridized carbons (Fsp3) is 0.353. The Morgan fingerprint density at radius 2 is 1.85 bits per heavy atom. The molecule has 3 heteroatoms. The van der Waals surface area contributed by atoms with Gasteiger partial charge in [-0.15, -0.1) is 0 Å². The van der Waals surface area contributed by atoms with Crippen LogP contribution in [0.15, 0.2) is 53.8 Å². The molecule has 0 amide bonds. The molecular weight excluding hydrogens is 264 g/mol. The second-order valence-electron chi connectivity index (χ2n) is 5.88. The van der Waals surface area contributed by atoms with E-state index in [1.807, 2.05) is 24.3 Å². The number of hydrogen-bond acceptors (Lipinski definition) is 2.